The smallest absolute Gasteiger partial charge is 0.263 e. The molecule has 0 aliphatic heterocycles. The molecule has 0 aliphatic carbocycles. The molecule has 0 amide bonds. The minimum atomic E-state index is -3.76. The van der Waals surface area contributed by atoms with E-state index in [1.54, 1.807) is 25.1 Å². The Morgan fingerprint density at radius 1 is 1.30 bits per heavy atom. The van der Waals surface area contributed by atoms with Crippen molar-refractivity contribution in [2.24, 2.45) is 0 Å². The van der Waals surface area contributed by atoms with Crippen molar-refractivity contribution in [3.8, 4) is 0 Å². The highest BCUT2D eigenvalue weighted by molar-refractivity contribution is 9.10. The first-order chi connectivity index (χ1) is 9.31. The molecule has 1 heterocycles. The number of nitrogens with one attached hydrogen (secondary N) is 1. The van der Waals surface area contributed by atoms with Crippen molar-refractivity contribution < 1.29 is 8.42 Å². The maximum absolute atomic E-state index is 12.4. The van der Waals surface area contributed by atoms with Crippen molar-refractivity contribution >= 4 is 53.4 Å². The van der Waals surface area contributed by atoms with Gasteiger partial charge in [0.2, 0.25) is 0 Å². The maximum Gasteiger partial charge on any atom is 0.263 e. The molecule has 106 valence electrons. The molecule has 2 aromatic rings. The van der Waals surface area contributed by atoms with Gasteiger partial charge in [-0.1, -0.05) is 15.9 Å². The number of nitrogens with two attached hydrogens (primary N) is 1. The van der Waals surface area contributed by atoms with Crippen molar-refractivity contribution in [1.82, 2.24) is 4.98 Å². The summed E-state index contributed by atoms with van der Waals surface area (Å²) in [5.74, 6) is 0.227. The fourth-order valence-corrected chi connectivity index (χ4v) is 4.04. The fraction of sp³-hybridized carbons (Fsp3) is 0.0833. The second kappa shape index (κ2) is 5.71. The lowest BCUT2D eigenvalue weighted by atomic mass is 10.2. The van der Waals surface area contributed by atoms with Gasteiger partial charge in [-0.3, -0.25) is 4.72 Å². The minimum absolute atomic E-state index is 0.113. The number of hydrogen-bond donors (Lipinski definition) is 2. The molecular weight excluding hydrogens is 410 g/mol. The van der Waals surface area contributed by atoms with Crippen molar-refractivity contribution in [3.05, 3.63) is 45.0 Å². The number of benzene rings is 1. The van der Waals surface area contributed by atoms with Crippen molar-refractivity contribution in [3.63, 3.8) is 0 Å². The molecule has 5 nitrogen and oxygen atoms in total. The van der Waals surface area contributed by atoms with E-state index in [4.69, 9.17) is 5.73 Å². The summed E-state index contributed by atoms with van der Waals surface area (Å²) in [5.41, 5.74) is 6.69. The molecule has 0 saturated carbocycles. The van der Waals surface area contributed by atoms with Crippen LogP contribution in [-0.4, -0.2) is 13.4 Å². The Kier molecular flexibility index (Phi) is 4.36. The lowest BCUT2D eigenvalue weighted by Crippen LogP contribution is -2.16. The Morgan fingerprint density at radius 3 is 2.65 bits per heavy atom. The van der Waals surface area contributed by atoms with Crippen LogP contribution in [0.3, 0.4) is 0 Å². The number of sulfonamides is 1. The third-order valence-electron chi connectivity index (χ3n) is 2.64. The zero-order valence-electron chi connectivity index (χ0n) is 10.4. The van der Waals surface area contributed by atoms with Gasteiger partial charge in [-0.2, -0.15) is 0 Å². The molecule has 0 bridgehead atoms. The minimum Gasteiger partial charge on any atom is -0.398 e. The third kappa shape index (κ3) is 3.13. The summed E-state index contributed by atoms with van der Waals surface area (Å²) in [6, 6.07) is 6.56. The van der Waals surface area contributed by atoms with E-state index in [2.05, 4.69) is 41.6 Å². The van der Waals surface area contributed by atoms with Crippen LogP contribution in [0.1, 0.15) is 5.56 Å². The lowest BCUT2D eigenvalue weighted by Gasteiger charge is -2.12. The van der Waals surface area contributed by atoms with Gasteiger partial charge in [0, 0.05) is 16.4 Å². The van der Waals surface area contributed by atoms with Crippen molar-refractivity contribution in [1.29, 1.82) is 0 Å². The zero-order chi connectivity index (χ0) is 14.9. The highest BCUT2D eigenvalue weighted by Crippen LogP contribution is 2.28. The Morgan fingerprint density at radius 2 is 2.00 bits per heavy atom. The lowest BCUT2D eigenvalue weighted by molar-refractivity contribution is 0.600. The van der Waals surface area contributed by atoms with E-state index < -0.39 is 10.0 Å². The largest absolute Gasteiger partial charge is 0.398 e. The molecule has 8 heteroatoms. The van der Waals surface area contributed by atoms with Crippen LogP contribution in [0, 0.1) is 6.92 Å². The average Bonchev–Trinajstić information content (AvgIpc) is 2.36. The standard InChI is InChI=1S/C12H11Br2N3O2S/c1-7-10(15)5-8(13)6-11(7)20(18,19)17-12-9(14)3-2-4-16-12/h2-6H,15H2,1H3,(H,16,17). The Labute approximate surface area is 133 Å². The number of nitrogen functional groups attached to an aromatic ring is 1. The van der Waals surface area contributed by atoms with E-state index in [0.717, 1.165) is 0 Å². The van der Waals surface area contributed by atoms with Crippen LogP contribution < -0.4 is 10.5 Å². The molecule has 0 unspecified atom stereocenters. The van der Waals surface area contributed by atoms with Crippen LogP contribution in [0.25, 0.3) is 0 Å². The van der Waals surface area contributed by atoms with Gasteiger partial charge < -0.3 is 5.73 Å². The summed E-state index contributed by atoms with van der Waals surface area (Å²) in [4.78, 5) is 4.10. The molecular formula is C12H11Br2N3O2S. The van der Waals surface area contributed by atoms with Gasteiger partial charge in [0.15, 0.2) is 5.82 Å². The number of halogens is 2. The number of nitrogens with zero attached hydrogens (tertiary/aromatic N) is 1. The molecule has 0 atom stereocenters. The topological polar surface area (TPSA) is 85.1 Å². The highest BCUT2D eigenvalue weighted by Gasteiger charge is 2.20. The van der Waals surface area contributed by atoms with Gasteiger partial charge in [-0.25, -0.2) is 13.4 Å². The van der Waals surface area contributed by atoms with Crippen LogP contribution in [0.4, 0.5) is 11.5 Å². The van der Waals surface area contributed by atoms with E-state index in [1.165, 1.54) is 12.3 Å². The van der Waals surface area contributed by atoms with Crippen LogP contribution >= 0.6 is 31.9 Å². The van der Waals surface area contributed by atoms with Gasteiger partial charge in [0.25, 0.3) is 10.0 Å². The summed E-state index contributed by atoms with van der Waals surface area (Å²) in [7, 11) is -3.76. The van der Waals surface area contributed by atoms with Gasteiger partial charge in [-0.15, -0.1) is 0 Å². The van der Waals surface area contributed by atoms with E-state index in [0.29, 0.717) is 20.2 Å². The molecule has 0 fully saturated rings. The third-order valence-corrected chi connectivity index (χ3v) is 5.21. The van der Waals surface area contributed by atoms with Crippen LogP contribution in [0.5, 0.6) is 0 Å². The second-order valence-electron chi connectivity index (χ2n) is 4.06. The van der Waals surface area contributed by atoms with E-state index in [1.807, 2.05) is 0 Å². The van der Waals surface area contributed by atoms with Crippen LogP contribution in [-0.2, 0) is 10.0 Å². The summed E-state index contributed by atoms with van der Waals surface area (Å²) in [6.07, 6.45) is 1.50. The summed E-state index contributed by atoms with van der Waals surface area (Å²) in [6.45, 7) is 1.66. The predicted octanol–water partition coefficient (Wildman–Crippen LogP) is 3.30. The van der Waals surface area contributed by atoms with Crippen molar-refractivity contribution in [2.45, 2.75) is 11.8 Å². The maximum atomic E-state index is 12.4. The monoisotopic (exact) mass is 419 g/mol. The quantitative estimate of drug-likeness (QED) is 0.746. The van der Waals surface area contributed by atoms with Gasteiger partial charge in [0.05, 0.1) is 9.37 Å². The summed E-state index contributed by atoms with van der Waals surface area (Å²) < 4.78 is 28.5. The van der Waals surface area contributed by atoms with Crippen LogP contribution in [0.15, 0.2) is 44.3 Å². The first-order valence-electron chi connectivity index (χ1n) is 5.50. The Hall–Kier alpha value is -1.12. The SMILES string of the molecule is Cc1c(N)cc(Br)cc1S(=O)(=O)Nc1ncccc1Br. The predicted molar refractivity (Wildman–Crippen MR) is 86.0 cm³/mol. The molecule has 1 aromatic carbocycles. The molecule has 0 radical (unpaired) electrons. The Bertz CT molecular complexity index is 763. The molecule has 0 spiro atoms. The second-order valence-corrected chi connectivity index (χ2v) is 7.48. The van der Waals surface area contributed by atoms with E-state index >= 15 is 0 Å². The van der Waals surface area contributed by atoms with E-state index in [9.17, 15) is 8.42 Å². The number of hydrogen-bond acceptors (Lipinski definition) is 4. The molecule has 2 rings (SSSR count). The molecule has 20 heavy (non-hydrogen) atoms. The van der Waals surface area contributed by atoms with Gasteiger partial charge in [0.1, 0.15) is 0 Å². The van der Waals surface area contributed by atoms with Gasteiger partial charge >= 0.3 is 0 Å². The Balaban J connectivity index is 2.49. The molecule has 0 aliphatic rings. The highest BCUT2D eigenvalue weighted by atomic mass is 79.9. The zero-order valence-corrected chi connectivity index (χ0v) is 14.4. The number of anilines is 2. The fourth-order valence-electron chi connectivity index (χ4n) is 1.60. The van der Waals surface area contributed by atoms with E-state index in [-0.39, 0.29) is 10.7 Å². The number of pyridine rings is 1. The molecule has 0 saturated heterocycles. The normalized spacial score (nSPS) is 11.3. The van der Waals surface area contributed by atoms with Gasteiger partial charge in [-0.05, 0) is 52.7 Å². The summed E-state index contributed by atoms with van der Waals surface area (Å²) in [5, 5.41) is 0. The first kappa shape index (κ1) is 15.3. The molecule has 3 N–H and O–H groups in total. The molecule has 1 aromatic heterocycles. The number of rotatable bonds is 3. The van der Waals surface area contributed by atoms with Crippen LogP contribution in [0.2, 0.25) is 0 Å². The first-order valence-corrected chi connectivity index (χ1v) is 8.57. The summed E-state index contributed by atoms with van der Waals surface area (Å²) >= 11 is 6.49. The van der Waals surface area contributed by atoms with Crippen molar-refractivity contribution in [2.75, 3.05) is 10.5 Å². The number of aromatic nitrogens is 1. The average molecular weight is 421 g/mol.